The first-order valence-electron chi connectivity index (χ1n) is 10.2. The Morgan fingerprint density at radius 1 is 0.968 bits per heavy atom. The second-order valence-electron chi connectivity index (χ2n) is 8.23. The van der Waals surface area contributed by atoms with Gasteiger partial charge in [0.25, 0.3) is 11.8 Å². The molecule has 0 unspecified atom stereocenters. The molecule has 3 atom stereocenters. The number of anilines is 1. The Labute approximate surface area is 187 Å². The van der Waals surface area contributed by atoms with Gasteiger partial charge >= 0.3 is 6.03 Å². The topological polar surface area (TPSA) is 60.9 Å². The largest absolute Gasteiger partial charge is 0.332 e. The number of carbonyl (C=O) groups is 3. The van der Waals surface area contributed by atoms with Crippen LogP contribution >= 0.6 is 15.9 Å². The summed E-state index contributed by atoms with van der Waals surface area (Å²) in [7, 11) is 0. The highest BCUT2D eigenvalue weighted by Gasteiger charge is 2.63. The number of piperazine rings is 1. The Kier molecular flexibility index (Phi) is 3.99. The minimum atomic E-state index is -0.624. The SMILES string of the molecule is O=C1[C@@H]2[C@@H]3C[C@@H](CN3C(=O)c3cccc(Br)c3)N2C(=O)N1c1cccc2ccccc12. The smallest absolute Gasteiger partial charge is 0.331 e. The maximum Gasteiger partial charge on any atom is 0.332 e. The van der Waals surface area contributed by atoms with Gasteiger partial charge in [-0.25, -0.2) is 9.69 Å². The molecule has 3 saturated heterocycles. The minimum Gasteiger partial charge on any atom is -0.331 e. The summed E-state index contributed by atoms with van der Waals surface area (Å²) in [6, 6.07) is 19.3. The summed E-state index contributed by atoms with van der Waals surface area (Å²) in [5.74, 6) is -0.349. The number of hydrogen-bond acceptors (Lipinski definition) is 3. The van der Waals surface area contributed by atoms with Crippen molar-refractivity contribution >= 4 is 50.2 Å². The first-order chi connectivity index (χ1) is 15.0. The Morgan fingerprint density at radius 2 is 1.74 bits per heavy atom. The highest BCUT2D eigenvalue weighted by atomic mass is 79.9. The number of imide groups is 1. The first kappa shape index (κ1) is 18.6. The standard InChI is InChI=1S/C24H18BrN3O3/c25-16-8-3-7-15(11-16)22(29)26-13-17-12-20(26)21-23(30)28(24(31)27(17)21)19-10-4-6-14-5-1-2-9-18(14)19/h1-11,17,20-21H,12-13H2/t17-,20-,21-/m0/s1. The molecule has 3 aliphatic heterocycles. The van der Waals surface area contributed by atoms with E-state index >= 15 is 0 Å². The van der Waals surface area contributed by atoms with Gasteiger partial charge in [0.1, 0.15) is 6.04 Å². The van der Waals surface area contributed by atoms with Crippen LogP contribution in [0.25, 0.3) is 10.8 Å². The molecule has 31 heavy (non-hydrogen) atoms. The molecule has 3 heterocycles. The number of nitrogens with zero attached hydrogens (tertiary/aromatic N) is 3. The number of benzene rings is 3. The number of likely N-dealkylation sites (tertiary alicyclic amines) is 1. The van der Waals surface area contributed by atoms with Gasteiger partial charge in [-0.15, -0.1) is 0 Å². The van der Waals surface area contributed by atoms with Crippen molar-refractivity contribution in [3.63, 3.8) is 0 Å². The van der Waals surface area contributed by atoms with Crippen molar-refractivity contribution in [1.82, 2.24) is 9.80 Å². The van der Waals surface area contributed by atoms with Crippen molar-refractivity contribution in [2.45, 2.75) is 24.5 Å². The van der Waals surface area contributed by atoms with E-state index in [-0.39, 0.29) is 29.9 Å². The Balaban J connectivity index is 1.36. The summed E-state index contributed by atoms with van der Waals surface area (Å²) < 4.78 is 0.832. The van der Waals surface area contributed by atoms with Crippen molar-refractivity contribution in [1.29, 1.82) is 0 Å². The molecule has 0 radical (unpaired) electrons. The molecule has 3 fully saturated rings. The van der Waals surface area contributed by atoms with Crippen molar-refractivity contribution in [3.05, 3.63) is 76.8 Å². The van der Waals surface area contributed by atoms with E-state index in [9.17, 15) is 14.4 Å². The Bertz CT molecular complexity index is 1270. The zero-order chi connectivity index (χ0) is 21.3. The lowest BCUT2D eigenvalue weighted by molar-refractivity contribution is -0.121. The molecule has 6 rings (SSSR count). The number of carbonyl (C=O) groups excluding carboxylic acids is 3. The van der Waals surface area contributed by atoms with Gasteiger partial charge in [0.2, 0.25) is 0 Å². The molecule has 2 bridgehead atoms. The number of hydrogen-bond donors (Lipinski definition) is 0. The summed E-state index contributed by atoms with van der Waals surface area (Å²) in [6.45, 7) is 0.453. The van der Waals surface area contributed by atoms with Crippen molar-refractivity contribution < 1.29 is 14.4 Å². The van der Waals surface area contributed by atoms with E-state index in [0.29, 0.717) is 24.2 Å². The highest BCUT2D eigenvalue weighted by molar-refractivity contribution is 9.10. The number of fused-ring (bicyclic) bond motifs is 6. The third-order valence-electron chi connectivity index (χ3n) is 6.60. The maximum atomic E-state index is 13.5. The van der Waals surface area contributed by atoms with Gasteiger partial charge in [-0.3, -0.25) is 9.59 Å². The van der Waals surface area contributed by atoms with Gasteiger partial charge in [0, 0.05) is 22.0 Å². The van der Waals surface area contributed by atoms with Gasteiger partial charge in [0.15, 0.2) is 0 Å². The summed E-state index contributed by atoms with van der Waals surface area (Å²) >= 11 is 3.41. The van der Waals surface area contributed by atoms with Crippen LogP contribution in [0.1, 0.15) is 16.8 Å². The van der Waals surface area contributed by atoms with Crippen LogP contribution in [-0.4, -0.2) is 52.3 Å². The molecule has 0 aromatic heterocycles. The molecule has 0 saturated carbocycles. The molecule has 3 aliphatic rings. The normalized spacial score (nSPS) is 24.4. The molecule has 3 aromatic rings. The van der Waals surface area contributed by atoms with Crippen LogP contribution in [0, 0.1) is 0 Å². The highest BCUT2D eigenvalue weighted by Crippen LogP contribution is 2.43. The summed E-state index contributed by atoms with van der Waals surface area (Å²) in [6.07, 6.45) is 0.644. The van der Waals surface area contributed by atoms with Crippen LogP contribution in [-0.2, 0) is 4.79 Å². The fourth-order valence-electron chi connectivity index (χ4n) is 5.30. The summed E-state index contributed by atoms with van der Waals surface area (Å²) in [5, 5.41) is 1.84. The number of rotatable bonds is 2. The van der Waals surface area contributed by atoms with Crippen LogP contribution < -0.4 is 4.90 Å². The number of amides is 4. The lowest BCUT2D eigenvalue weighted by Gasteiger charge is -2.35. The van der Waals surface area contributed by atoms with Gasteiger partial charge in [-0.2, -0.15) is 0 Å². The Morgan fingerprint density at radius 3 is 2.58 bits per heavy atom. The lowest BCUT2D eigenvalue weighted by Crippen LogP contribution is -2.54. The van der Waals surface area contributed by atoms with E-state index < -0.39 is 6.04 Å². The van der Waals surface area contributed by atoms with Crippen LogP contribution in [0.2, 0.25) is 0 Å². The zero-order valence-electron chi connectivity index (χ0n) is 16.4. The first-order valence-corrected chi connectivity index (χ1v) is 11.0. The van der Waals surface area contributed by atoms with E-state index in [4.69, 9.17) is 0 Å². The van der Waals surface area contributed by atoms with Crippen LogP contribution in [0.4, 0.5) is 10.5 Å². The van der Waals surface area contributed by atoms with Gasteiger partial charge < -0.3 is 9.80 Å². The van der Waals surface area contributed by atoms with E-state index in [2.05, 4.69) is 15.9 Å². The van der Waals surface area contributed by atoms with Crippen molar-refractivity contribution in [3.8, 4) is 0 Å². The summed E-state index contributed by atoms with van der Waals surface area (Å²) in [5.41, 5.74) is 1.18. The third kappa shape index (κ3) is 2.59. The lowest BCUT2D eigenvalue weighted by atomic mass is 10.1. The van der Waals surface area contributed by atoms with Crippen LogP contribution in [0.5, 0.6) is 0 Å². The maximum absolute atomic E-state index is 13.5. The second-order valence-corrected chi connectivity index (χ2v) is 9.15. The third-order valence-corrected chi connectivity index (χ3v) is 7.10. The fourth-order valence-corrected chi connectivity index (χ4v) is 5.70. The summed E-state index contributed by atoms with van der Waals surface area (Å²) in [4.78, 5) is 44.8. The monoisotopic (exact) mass is 475 g/mol. The quantitative estimate of drug-likeness (QED) is 0.525. The predicted molar refractivity (Wildman–Crippen MR) is 120 cm³/mol. The van der Waals surface area contributed by atoms with Gasteiger partial charge in [-0.1, -0.05) is 58.4 Å². The van der Waals surface area contributed by atoms with E-state index in [1.54, 1.807) is 21.9 Å². The molecule has 4 amide bonds. The second kappa shape index (κ2) is 6.65. The number of urea groups is 1. The molecule has 7 heteroatoms. The Hall–Kier alpha value is -3.19. The molecule has 3 aromatic carbocycles. The van der Waals surface area contributed by atoms with Crippen molar-refractivity contribution in [2.75, 3.05) is 11.4 Å². The van der Waals surface area contributed by atoms with Crippen LogP contribution in [0.15, 0.2) is 71.2 Å². The molecule has 0 spiro atoms. The van der Waals surface area contributed by atoms with Gasteiger partial charge in [0.05, 0.1) is 17.8 Å². The predicted octanol–water partition coefficient (Wildman–Crippen LogP) is 4.04. The molecule has 6 nitrogen and oxygen atoms in total. The molecule has 0 aliphatic carbocycles. The van der Waals surface area contributed by atoms with Gasteiger partial charge in [-0.05, 0) is 36.1 Å². The molecular weight excluding hydrogens is 458 g/mol. The molecular formula is C24H18BrN3O3. The number of halogens is 1. The van der Waals surface area contributed by atoms with Crippen molar-refractivity contribution in [2.24, 2.45) is 0 Å². The van der Waals surface area contributed by atoms with E-state index in [1.807, 2.05) is 54.6 Å². The van der Waals surface area contributed by atoms with E-state index in [1.165, 1.54) is 4.90 Å². The minimum absolute atomic E-state index is 0.0997. The average Bonchev–Trinajstić information content (AvgIpc) is 3.44. The molecule has 0 N–H and O–H groups in total. The van der Waals surface area contributed by atoms with E-state index in [0.717, 1.165) is 15.2 Å². The fraction of sp³-hybridized carbons (Fsp3) is 0.208. The average molecular weight is 476 g/mol. The zero-order valence-corrected chi connectivity index (χ0v) is 18.0. The molecule has 154 valence electrons. The van der Waals surface area contributed by atoms with Crippen LogP contribution in [0.3, 0.4) is 0 Å².